The number of ether oxygens (including phenoxy) is 1. The monoisotopic (exact) mass is 301 g/mol. The average molecular weight is 301 g/mol. The van der Waals surface area contributed by atoms with Crippen molar-refractivity contribution >= 4 is 23.1 Å². The zero-order chi connectivity index (χ0) is 18.5. The van der Waals surface area contributed by atoms with Gasteiger partial charge in [-0.1, -0.05) is 70.7 Å². The van der Waals surface area contributed by atoms with Gasteiger partial charge in [0, 0.05) is 4.11 Å². The molecule has 0 aromatic heterocycles. The third-order valence-electron chi connectivity index (χ3n) is 4.50. The van der Waals surface area contributed by atoms with Gasteiger partial charge in [-0.05, 0) is 43.8 Å². The summed E-state index contributed by atoms with van der Waals surface area (Å²) >= 11 is 0. The number of para-hydroxylation sites is 2. The molecule has 1 nitrogen and oxygen atoms in total. The molecule has 3 aromatic rings. The Bertz CT molecular complexity index is 949. The second-order valence-electron chi connectivity index (χ2n) is 6.15. The fraction of sp³-hybridized carbons (Fsp3) is 0.143. The molecule has 0 amide bonds. The molecule has 0 saturated carbocycles. The van der Waals surface area contributed by atoms with Gasteiger partial charge in [0.15, 0.2) is 0 Å². The van der Waals surface area contributed by atoms with E-state index in [-0.39, 0.29) is 6.71 Å². The van der Waals surface area contributed by atoms with E-state index in [1.807, 2.05) is 62.4 Å². The molecule has 4 rings (SSSR count). The Morgan fingerprint density at radius 1 is 0.826 bits per heavy atom. The number of hydrogen-bond donors (Lipinski definition) is 0. The first-order chi connectivity index (χ1) is 12.4. The van der Waals surface area contributed by atoms with Gasteiger partial charge in [0.2, 0.25) is 0 Å². The van der Waals surface area contributed by atoms with Crippen LogP contribution < -0.4 is 21.1 Å². The standard InChI is InChI=1S/C21H19BO/c1-14-12-15(2)21(16(3)13-14)22-17-8-4-6-10-19(17)23-20-11-7-5-9-18(20)22/h4-13H,1-3H3/i2D3. The highest BCUT2D eigenvalue weighted by Crippen LogP contribution is 2.24. The summed E-state index contributed by atoms with van der Waals surface area (Å²) < 4.78 is 30.4. The van der Waals surface area contributed by atoms with E-state index < -0.39 is 6.85 Å². The van der Waals surface area contributed by atoms with Crippen molar-refractivity contribution in [3.8, 4) is 11.5 Å². The van der Waals surface area contributed by atoms with Crippen LogP contribution in [0.15, 0.2) is 60.7 Å². The van der Waals surface area contributed by atoms with E-state index in [0.29, 0.717) is 5.56 Å². The summed E-state index contributed by atoms with van der Waals surface area (Å²) in [5, 5.41) is 0. The fourth-order valence-corrected chi connectivity index (χ4v) is 3.58. The van der Waals surface area contributed by atoms with Crippen LogP contribution in [0.5, 0.6) is 11.5 Å². The van der Waals surface area contributed by atoms with Crippen molar-refractivity contribution in [2.45, 2.75) is 20.7 Å². The molecule has 0 radical (unpaired) electrons. The van der Waals surface area contributed by atoms with Crippen molar-refractivity contribution < 1.29 is 8.85 Å². The lowest BCUT2D eigenvalue weighted by atomic mass is 9.34. The quantitative estimate of drug-likeness (QED) is 0.490. The molecule has 0 saturated heterocycles. The lowest BCUT2D eigenvalue weighted by molar-refractivity contribution is 0.487. The average Bonchev–Trinajstić information content (AvgIpc) is 2.59. The van der Waals surface area contributed by atoms with Crippen LogP contribution in [0.25, 0.3) is 0 Å². The zero-order valence-corrected chi connectivity index (χ0v) is 13.3. The van der Waals surface area contributed by atoms with Gasteiger partial charge in [-0.3, -0.25) is 0 Å². The molecule has 3 aromatic carbocycles. The summed E-state index contributed by atoms with van der Waals surface area (Å²) in [6.45, 7) is 1.61. The van der Waals surface area contributed by atoms with Crippen LogP contribution in [0.3, 0.4) is 0 Å². The Hall–Kier alpha value is -2.48. The minimum absolute atomic E-state index is 0.160. The van der Waals surface area contributed by atoms with Crippen LogP contribution in [0, 0.1) is 20.7 Å². The third-order valence-corrected chi connectivity index (χ3v) is 4.50. The minimum atomic E-state index is -2.17. The van der Waals surface area contributed by atoms with Crippen molar-refractivity contribution in [2.24, 2.45) is 0 Å². The normalized spacial score (nSPS) is 14.9. The van der Waals surface area contributed by atoms with E-state index in [9.17, 15) is 0 Å². The first kappa shape index (κ1) is 11.1. The van der Waals surface area contributed by atoms with Crippen LogP contribution in [0.1, 0.15) is 20.8 Å². The maximum absolute atomic E-state index is 8.10. The number of rotatable bonds is 1. The van der Waals surface area contributed by atoms with Gasteiger partial charge >= 0.3 is 0 Å². The van der Waals surface area contributed by atoms with Crippen LogP contribution in [0.2, 0.25) is 0 Å². The molecule has 23 heavy (non-hydrogen) atoms. The van der Waals surface area contributed by atoms with Crippen molar-refractivity contribution in [2.75, 3.05) is 0 Å². The van der Waals surface area contributed by atoms with E-state index in [1.165, 1.54) is 0 Å². The van der Waals surface area contributed by atoms with E-state index in [1.54, 1.807) is 6.07 Å². The molecule has 112 valence electrons. The fourth-order valence-electron chi connectivity index (χ4n) is 3.58. The number of aryl methyl sites for hydroxylation is 3. The minimum Gasteiger partial charge on any atom is -0.458 e. The summed E-state index contributed by atoms with van der Waals surface area (Å²) in [5.41, 5.74) is 5.25. The van der Waals surface area contributed by atoms with Gasteiger partial charge in [-0.25, -0.2) is 0 Å². The summed E-state index contributed by atoms with van der Waals surface area (Å²) in [6, 6.07) is 19.6. The van der Waals surface area contributed by atoms with Gasteiger partial charge in [0.05, 0.1) is 0 Å². The van der Waals surface area contributed by atoms with Crippen LogP contribution in [0.4, 0.5) is 0 Å². The molecule has 0 unspecified atom stereocenters. The highest BCUT2D eigenvalue weighted by molar-refractivity contribution is 6.97. The highest BCUT2D eigenvalue weighted by Gasteiger charge is 2.33. The summed E-state index contributed by atoms with van der Waals surface area (Å²) in [5.74, 6) is 1.57. The maximum atomic E-state index is 8.10. The molecule has 0 aliphatic carbocycles. The van der Waals surface area contributed by atoms with Crippen molar-refractivity contribution in [3.63, 3.8) is 0 Å². The number of hydrogen-bond acceptors (Lipinski definition) is 1. The Kier molecular flexibility index (Phi) is 2.57. The van der Waals surface area contributed by atoms with Crippen molar-refractivity contribution in [3.05, 3.63) is 77.4 Å². The Morgan fingerprint density at radius 2 is 1.39 bits per heavy atom. The highest BCUT2D eigenvalue weighted by atomic mass is 16.5. The SMILES string of the molecule is [2H]C([2H])([2H])c1cc(C)cc(C)c1B1c2ccccc2Oc2ccccc21. The molecule has 0 spiro atoms. The largest absolute Gasteiger partial charge is 0.458 e. The second-order valence-corrected chi connectivity index (χ2v) is 6.15. The molecule has 0 N–H and O–H groups in total. The zero-order valence-electron chi connectivity index (χ0n) is 16.3. The Morgan fingerprint density at radius 3 is 2.00 bits per heavy atom. The van der Waals surface area contributed by atoms with Gasteiger partial charge in [0.25, 0.3) is 6.71 Å². The van der Waals surface area contributed by atoms with Gasteiger partial charge < -0.3 is 4.74 Å². The number of benzene rings is 3. The molecular formula is C21H19BO. The molecule has 2 heteroatoms. The molecule has 0 atom stereocenters. The first-order valence-electron chi connectivity index (χ1n) is 9.33. The van der Waals surface area contributed by atoms with Gasteiger partial charge in [-0.15, -0.1) is 0 Å². The number of fused-ring (bicyclic) bond motifs is 2. The van der Waals surface area contributed by atoms with E-state index in [4.69, 9.17) is 8.85 Å². The van der Waals surface area contributed by atoms with Crippen molar-refractivity contribution in [1.29, 1.82) is 0 Å². The van der Waals surface area contributed by atoms with E-state index in [2.05, 4.69) is 6.07 Å². The molecule has 1 heterocycles. The second kappa shape index (κ2) is 5.31. The van der Waals surface area contributed by atoms with Gasteiger partial charge in [-0.2, -0.15) is 0 Å². The summed E-state index contributed by atoms with van der Waals surface area (Å²) in [4.78, 5) is 0. The Labute approximate surface area is 142 Å². The molecule has 0 fully saturated rings. The first-order valence-corrected chi connectivity index (χ1v) is 7.83. The molecule has 1 aliphatic rings. The molecular weight excluding hydrogens is 279 g/mol. The predicted molar refractivity (Wildman–Crippen MR) is 98.3 cm³/mol. The maximum Gasteiger partial charge on any atom is 0.251 e. The lowest BCUT2D eigenvalue weighted by Gasteiger charge is -2.28. The van der Waals surface area contributed by atoms with Crippen LogP contribution >= 0.6 is 0 Å². The summed E-state index contributed by atoms with van der Waals surface area (Å²) in [7, 11) is 0. The van der Waals surface area contributed by atoms with E-state index >= 15 is 0 Å². The molecule has 1 aliphatic heterocycles. The lowest BCUT2D eigenvalue weighted by Crippen LogP contribution is -2.56. The van der Waals surface area contributed by atoms with Crippen LogP contribution in [-0.2, 0) is 0 Å². The van der Waals surface area contributed by atoms with Crippen molar-refractivity contribution in [1.82, 2.24) is 0 Å². The predicted octanol–water partition coefficient (Wildman–Crippen LogP) is 3.23. The topological polar surface area (TPSA) is 9.23 Å². The Balaban J connectivity index is 2.06. The molecule has 0 bridgehead atoms. The van der Waals surface area contributed by atoms with E-state index in [0.717, 1.165) is 39.0 Å². The smallest absolute Gasteiger partial charge is 0.251 e. The third kappa shape index (κ3) is 2.26. The van der Waals surface area contributed by atoms with Gasteiger partial charge in [0.1, 0.15) is 11.5 Å². The summed E-state index contributed by atoms with van der Waals surface area (Å²) in [6.07, 6.45) is 0. The van der Waals surface area contributed by atoms with Crippen LogP contribution in [-0.4, -0.2) is 6.71 Å².